The summed E-state index contributed by atoms with van der Waals surface area (Å²) in [6.45, 7) is 5.30. The first-order chi connectivity index (χ1) is 17.7. The SMILES string of the molecule is CCN(c1ccc(Oc2ccc(CC3COCC(=O)N3CC)cc2)c(F)c1)c1ccc(C(F)(F)F)cn1. The van der Waals surface area contributed by atoms with Crippen LogP contribution in [0.4, 0.5) is 29.1 Å². The molecule has 0 spiro atoms. The van der Waals surface area contributed by atoms with Crippen LogP contribution in [0.3, 0.4) is 0 Å². The Morgan fingerprint density at radius 1 is 1.11 bits per heavy atom. The lowest BCUT2D eigenvalue weighted by Crippen LogP contribution is -2.50. The van der Waals surface area contributed by atoms with Gasteiger partial charge in [-0.05, 0) is 62.2 Å². The average Bonchev–Trinajstić information content (AvgIpc) is 2.87. The molecule has 2 heterocycles. The molecule has 0 bridgehead atoms. The van der Waals surface area contributed by atoms with Gasteiger partial charge in [0.25, 0.3) is 0 Å². The number of rotatable bonds is 8. The number of pyridine rings is 1. The van der Waals surface area contributed by atoms with Crippen LogP contribution >= 0.6 is 0 Å². The molecule has 37 heavy (non-hydrogen) atoms. The molecule has 0 aliphatic carbocycles. The number of halogens is 4. The number of ether oxygens (including phenoxy) is 2. The summed E-state index contributed by atoms with van der Waals surface area (Å²) in [5.74, 6) is 0.0782. The number of carbonyl (C=O) groups is 1. The van der Waals surface area contributed by atoms with Gasteiger partial charge in [0.05, 0.1) is 18.2 Å². The average molecular weight is 518 g/mol. The number of carbonyl (C=O) groups excluding carboxylic acids is 1. The maximum Gasteiger partial charge on any atom is 0.417 e. The van der Waals surface area contributed by atoms with Crippen molar-refractivity contribution in [3.05, 3.63) is 77.7 Å². The van der Waals surface area contributed by atoms with E-state index >= 15 is 0 Å². The number of hydrogen-bond donors (Lipinski definition) is 0. The van der Waals surface area contributed by atoms with Gasteiger partial charge in [-0.2, -0.15) is 13.2 Å². The van der Waals surface area contributed by atoms with Crippen LogP contribution in [0.1, 0.15) is 25.0 Å². The number of hydrogen-bond acceptors (Lipinski definition) is 5. The van der Waals surface area contributed by atoms with E-state index < -0.39 is 17.6 Å². The summed E-state index contributed by atoms with van der Waals surface area (Å²) in [5.41, 5.74) is 0.573. The maximum atomic E-state index is 14.9. The van der Waals surface area contributed by atoms with Crippen molar-refractivity contribution in [2.45, 2.75) is 32.5 Å². The van der Waals surface area contributed by atoms with Crippen molar-refractivity contribution < 1.29 is 31.8 Å². The molecule has 2 aromatic carbocycles. The van der Waals surface area contributed by atoms with Crippen LogP contribution < -0.4 is 9.64 Å². The zero-order chi connectivity index (χ0) is 26.6. The van der Waals surface area contributed by atoms with Gasteiger partial charge >= 0.3 is 6.18 Å². The third-order valence-electron chi connectivity index (χ3n) is 6.16. The minimum atomic E-state index is -4.48. The standard InChI is InChI=1S/C27H27F4N3O3/c1-3-33(25-12-7-19(15-32-25)27(29,30)31)20-8-11-24(23(28)14-20)37-22-9-5-18(6-10-22)13-21-16-36-17-26(35)34(21)4-2/h5-12,14-15,21H,3-4,13,16-17H2,1-2H3. The predicted molar refractivity (Wildman–Crippen MR) is 131 cm³/mol. The number of anilines is 2. The molecule has 1 aromatic heterocycles. The second-order valence-corrected chi connectivity index (χ2v) is 8.56. The van der Waals surface area contributed by atoms with E-state index in [1.807, 2.05) is 24.0 Å². The smallest absolute Gasteiger partial charge is 0.417 e. The van der Waals surface area contributed by atoms with Gasteiger partial charge in [-0.3, -0.25) is 4.79 Å². The van der Waals surface area contributed by atoms with Crippen LogP contribution in [0.25, 0.3) is 0 Å². The number of likely N-dealkylation sites (N-methyl/N-ethyl adjacent to an activating group) is 1. The van der Waals surface area contributed by atoms with Crippen molar-refractivity contribution in [3.63, 3.8) is 0 Å². The normalized spacial score (nSPS) is 16.1. The van der Waals surface area contributed by atoms with E-state index in [1.165, 1.54) is 18.2 Å². The summed E-state index contributed by atoms with van der Waals surface area (Å²) in [6, 6.07) is 13.7. The van der Waals surface area contributed by atoms with Gasteiger partial charge in [-0.1, -0.05) is 12.1 Å². The van der Waals surface area contributed by atoms with Crippen molar-refractivity contribution in [3.8, 4) is 11.5 Å². The molecule has 0 radical (unpaired) electrons. The predicted octanol–water partition coefficient (Wildman–Crippen LogP) is 5.98. The highest BCUT2D eigenvalue weighted by Crippen LogP contribution is 2.33. The van der Waals surface area contributed by atoms with Crippen LogP contribution in [0.15, 0.2) is 60.8 Å². The number of morpholine rings is 1. The largest absolute Gasteiger partial charge is 0.454 e. The van der Waals surface area contributed by atoms with Crippen molar-refractivity contribution in [1.29, 1.82) is 0 Å². The van der Waals surface area contributed by atoms with Crippen LogP contribution in [-0.4, -0.2) is 48.1 Å². The number of alkyl halides is 3. The number of nitrogens with zero attached hydrogens (tertiary/aromatic N) is 3. The maximum absolute atomic E-state index is 14.9. The van der Waals surface area contributed by atoms with Crippen molar-refractivity contribution in [2.75, 3.05) is 31.2 Å². The zero-order valence-corrected chi connectivity index (χ0v) is 20.5. The summed E-state index contributed by atoms with van der Waals surface area (Å²) < 4.78 is 64.5. The first kappa shape index (κ1) is 26.4. The molecule has 6 nitrogen and oxygen atoms in total. The van der Waals surface area contributed by atoms with Crippen LogP contribution in [0.5, 0.6) is 11.5 Å². The quantitative estimate of drug-likeness (QED) is 0.344. The third-order valence-corrected chi connectivity index (χ3v) is 6.16. The Morgan fingerprint density at radius 2 is 1.86 bits per heavy atom. The van der Waals surface area contributed by atoms with E-state index in [9.17, 15) is 22.4 Å². The fraction of sp³-hybridized carbons (Fsp3) is 0.333. The lowest BCUT2D eigenvalue weighted by molar-refractivity contribution is -0.147. The molecular weight excluding hydrogens is 490 g/mol. The van der Waals surface area contributed by atoms with Gasteiger partial charge in [0.15, 0.2) is 11.6 Å². The minimum absolute atomic E-state index is 0.0105. The summed E-state index contributed by atoms with van der Waals surface area (Å²) >= 11 is 0. The Kier molecular flexibility index (Phi) is 7.97. The van der Waals surface area contributed by atoms with Crippen LogP contribution in [-0.2, 0) is 22.1 Å². The molecule has 1 aliphatic rings. The van der Waals surface area contributed by atoms with Gasteiger partial charge in [-0.15, -0.1) is 0 Å². The highest BCUT2D eigenvalue weighted by Gasteiger charge is 2.31. The third kappa shape index (κ3) is 6.19. The molecule has 1 atom stereocenters. The fourth-order valence-corrected chi connectivity index (χ4v) is 4.29. The van der Waals surface area contributed by atoms with Gasteiger partial charge in [0, 0.05) is 31.0 Å². The Labute approximate surface area is 212 Å². The van der Waals surface area contributed by atoms with E-state index in [0.717, 1.165) is 17.8 Å². The Morgan fingerprint density at radius 3 is 2.46 bits per heavy atom. The molecule has 3 aromatic rings. The Balaban J connectivity index is 1.43. The van der Waals surface area contributed by atoms with E-state index in [4.69, 9.17) is 9.47 Å². The summed E-state index contributed by atoms with van der Waals surface area (Å²) in [5, 5.41) is 0. The number of aromatic nitrogens is 1. The van der Waals surface area contributed by atoms with Gasteiger partial charge in [0.1, 0.15) is 18.2 Å². The fourth-order valence-electron chi connectivity index (χ4n) is 4.29. The second kappa shape index (κ2) is 11.2. The molecule has 196 valence electrons. The second-order valence-electron chi connectivity index (χ2n) is 8.56. The molecular formula is C27H27F4N3O3. The van der Waals surface area contributed by atoms with Gasteiger partial charge in [-0.25, -0.2) is 9.37 Å². The zero-order valence-electron chi connectivity index (χ0n) is 20.5. The molecule has 1 aliphatic heterocycles. The molecule has 4 rings (SSSR count). The van der Waals surface area contributed by atoms with Crippen LogP contribution in [0, 0.1) is 5.82 Å². The molecule has 1 saturated heterocycles. The Bertz CT molecular complexity index is 1220. The Hall–Kier alpha value is -3.66. The first-order valence-electron chi connectivity index (χ1n) is 11.9. The minimum Gasteiger partial charge on any atom is -0.454 e. The molecule has 10 heteroatoms. The van der Waals surface area contributed by atoms with Crippen molar-refractivity contribution in [2.24, 2.45) is 0 Å². The van der Waals surface area contributed by atoms with E-state index in [2.05, 4.69) is 4.98 Å². The van der Waals surface area contributed by atoms with E-state index in [-0.39, 0.29) is 30.1 Å². The lowest BCUT2D eigenvalue weighted by atomic mass is 10.0. The highest BCUT2D eigenvalue weighted by atomic mass is 19.4. The first-order valence-corrected chi connectivity index (χ1v) is 11.9. The highest BCUT2D eigenvalue weighted by molar-refractivity contribution is 5.78. The molecule has 0 saturated carbocycles. The van der Waals surface area contributed by atoms with Gasteiger partial charge < -0.3 is 19.3 Å². The summed E-state index contributed by atoms with van der Waals surface area (Å²) in [4.78, 5) is 19.3. The topological polar surface area (TPSA) is 54.9 Å². The summed E-state index contributed by atoms with van der Waals surface area (Å²) in [6.07, 6.45) is -3.09. The number of amides is 1. The monoisotopic (exact) mass is 517 g/mol. The summed E-state index contributed by atoms with van der Waals surface area (Å²) in [7, 11) is 0. The lowest BCUT2D eigenvalue weighted by Gasteiger charge is -2.34. The van der Waals surface area contributed by atoms with Crippen molar-refractivity contribution in [1.82, 2.24) is 9.88 Å². The molecule has 1 fully saturated rings. The molecule has 0 N–H and O–H groups in total. The molecule has 1 unspecified atom stereocenters. The number of benzene rings is 2. The van der Waals surface area contributed by atoms with Gasteiger partial charge in [0.2, 0.25) is 5.91 Å². The van der Waals surface area contributed by atoms with E-state index in [1.54, 1.807) is 30.0 Å². The van der Waals surface area contributed by atoms with E-state index in [0.29, 0.717) is 37.6 Å². The molecule has 1 amide bonds. The van der Waals surface area contributed by atoms with Crippen LogP contribution in [0.2, 0.25) is 0 Å². The van der Waals surface area contributed by atoms with Crippen molar-refractivity contribution >= 4 is 17.4 Å².